The second kappa shape index (κ2) is 15.9. The molecule has 1 aliphatic carbocycles. The first-order valence-electron chi connectivity index (χ1n) is 23.8. The predicted molar refractivity (Wildman–Crippen MR) is 282 cm³/mol. The van der Waals surface area contributed by atoms with E-state index >= 15 is 0 Å². The van der Waals surface area contributed by atoms with Gasteiger partial charge in [-0.15, -0.1) is 0 Å². The summed E-state index contributed by atoms with van der Waals surface area (Å²) in [5.74, 6) is 0. The van der Waals surface area contributed by atoms with Crippen LogP contribution in [0.4, 0.5) is 11.4 Å². The monoisotopic (exact) mass is 862 g/mol. The summed E-state index contributed by atoms with van der Waals surface area (Å²) in [5, 5.41) is 18.6. The summed E-state index contributed by atoms with van der Waals surface area (Å²) in [6.07, 6.45) is 14.8. The molecular weight excluding hydrogens is 811 g/mol. The Morgan fingerprint density at radius 1 is 0.375 bits per heavy atom. The Hall–Kier alpha value is -6.04. The number of piperidine rings is 2. The minimum atomic E-state index is -0.630. The molecule has 2 unspecified atom stereocenters. The smallest absolute Gasteiger partial charge is 0.0372 e. The van der Waals surface area contributed by atoms with Crippen LogP contribution in [0.25, 0.3) is 92.0 Å². The highest BCUT2D eigenvalue weighted by molar-refractivity contribution is 7.68. The average molecular weight is 863 g/mol. The van der Waals surface area contributed by atoms with Crippen molar-refractivity contribution in [3.8, 4) is 32.9 Å². The molecule has 312 valence electrons. The zero-order valence-electron chi connectivity index (χ0n) is 36.4. The minimum absolute atomic E-state index is 0.547. The van der Waals surface area contributed by atoms with Gasteiger partial charge in [-0.05, 0) is 181 Å². The van der Waals surface area contributed by atoms with Crippen molar-refractivity contribution in [2.45, 2.75) is 51.4 Å². The second-order valence-electron chi connectivity index (χ2n) is 18.4. The molecule has 2 nitrogen and oxygen atoms in total. The average Bonchev–Trinajstić information content (AvgIpc) is 3.88. The summed E-state index contributed by atoms with van der Waals surface area (Å²) in [5.41, 5.74) is 9.56. The van der Waals surface area contributed by atoms with Crippen molar-refractivity contribution in [3.05, 3.63) is 175 Å². The standard InChI is InChI=1S/C60H52N2P2/c1-5-17-45(18-6-1)63-55-23-11-9-21-47(55)51-37-41(25-31-57(51)63)59-49-29-27-44(62-35-15-4-16-36-62)40-54(49)60(50-30-28-43(39-53(50)59)61-33-13-3-14-34-61)42-26-32-58-52(38-42)48-22-10-12-24-56(48)64(58)46-19-7-2-8-20-46/h1-2,5-11,17-23,25-32,37-40H,3-4,12-16,24,33-36H2. The first-order chi connectivity index (χ1) is 31.8. The van der Waals surface area contributed by atoms with Gasteiger partial charge < -0.3 is 9.80 Å². The van der Waals surface area contributed by atoms with Crippen LogP contribution in [0.3, 0.4) is 0 Å². The molecule has 0 N–H and O–H groups in total. The number of hydrogen-bond donors (Lipinski definition) is 0. The summed E-state index contributed by atoms with van der Waals surface area (Å²) in [6, 6.07) is 61.9. The van der Waals surface area contributed by atoms with Crippen LogP contribution >= 0.6 is 15.1 Å². The molecule has 10 aromatic rings. The minimum Gasteiger partial charge on any atom is -0.372 e. The molecule has 0 saturated carbocycles. The van der Waals surface area contributed by atoms with Gasteiger partial charge in [-0.1, -0.05) is 136 Å². The SMILES string of the molecule is C1=Cc2c(p(-c3ccccc3)c3ccc(-c4c5ccc(N6CCCCC6)cc5c(-c5ccc6c(c5)c5ccccc5p6-c5ccccc5)c5ccc(N6CCCCC6)cc45)cc23)CC1. The molecule has 13 rings (SSSR count). The van der Waals surface area contributed by atoms with E-state index in [1.165, 1.54) is 141 Å². The maximum Gasteiger partial charge on any atom is 0.0372 e. The van der Waals surface area contributed by atoms with E-state index in [1.54, 1.807) is 5.30 Å². The van der Waals surface area contributed by atoms with Gasteiger partial charge in [0.25, 0.3) is 0 Å². The van der Waals surface area contributed by atoms with Crippen LogP contribution in [0.5, 0.6) is 0 Å². The summed E-state index contributed by atoms with van der Waals surface area (Å²) >= 11 is 0. The lowest BCUT2D eigenvalue weighted by atomic mass is 9.84. The maximum atomic E-state index is 2.65. The highest BCUT2D eigenvalue weighted by Crippen LogP contribution is 2.58. The van der Waals surface area contributed by atoms with E-state index in [1.807, 2.05) is 0 Å². The van der Waals surface area contributed by atoms with Gasteiger partial charge in [0.05, 0.1) is 0 Å². The Kier molecular flexibility index (Phi) is 9.54. The van der Waals surface area contributed by atoms with Crippen molar-refractivity contribution >= 4 is 85.6 Å². The van der Waals surface area contributed by atoms with Crippen molar-refractivity contribution in [2.75, 3.05) is 36.0 Å². The van der Waals surface area contributed by atoms with E-state index in [-0.39, 0.29) is 0 Å². The zero-order valence-corrected chi connectivity index (χ0v) is 38.2. The lowest BCUT2D eigenvalue weighted by molar-refractivity contribution is 0.578. The quantitative estimate of drug-likeness (QED) is 0.154. The Bertz CT molecular complexity index is 3450. The number of allylic oxidation sites excluding steroid dienone is 1. The second-order valence-corrected chi connectivity index (χ2v) is 22.8. The molecule has 3 aliphatic rings. The molecule has 0 bridgehead atoms. The van der Waals surface area contributed by atoms with Crippen molar-refractivity contribution in [3.63, 3.8) is 0 Å². The third-order valence-electron chi connectivity index (χ3n) is 14.7. The van der Waals surface area contributed by atoms with Crippen molar-refractivity contribution in [2.24, 2.45) is 0 Å². The van der Waals surface area contributed by atoms with Crippen LogP contribution < -0.4 is 9.80 Å². The Morgan fingerprint density at radius 3 is 1.50 bits per heavy atom. The fourth-order valence-corrected chi connectivity index (χ4v) is 17.2. The Morgan fingerprint density at radius 2 is 0.891 bits per heavy atom. The van der Waals surface area contributed by atoms with Gasteiger partial charge in [-0.25, -0.2) is 0 Å². The van der Waals surface area contributed by atoms with Gasteiger partial charge in [0, 0.05) is 52.9 Å². The molecule has 2 aliphatic heterocycles. The van der Waals surface area contributed by atoms with E-state index in [2.05, 4.69) is 180 Å². The summed E-state index contributed by atoms with van der Waals surface area (Å²) in [6.45, 7) is 4.50. The van der Waals surface area contributed by atoms with E-state index in [0.717, 1.165) is 39.0 Å². The van der Waals surface area contributed by atoms with Crippen molar-refractivity contribution in [1.82, 2.24) is 0 Å². The third-order valence-corrected chi connectivity index (χ3v) is 20.0. The topological polar surface area (TPSA) is 6.48 Å². The number of fused-ring (bicyclic) bond motifs is 8. The van der Waals surface area contributed by atoms with Crippen LogP contribution in [0, 0.1) is 0 Å². The fraction of sp³-hybridized carbons (Fsp3) is 0.200. The molecule has 2 saturated heterocycles. The highest BCUT2D eigenvalue weighted by atomic mass is 31.1. The first kappa shape index (κ1) is 38.4. The van der Waals surface area contributed by atoms with Crippen molar-refractivity contribution in [1.29, 1.82) is 0 Å². The molecule has 2 fully saturated rings. The van der Waals surface area contributed by atoms with E-state index in [9.17, 15) is 0 Å². The van der Waals surface area contributed by atoms with Gasteiger partial charge in [0.1, 0.15) is 0 Å². The summed E-state index contributed by atoms with van der Waals surface area (Å²) in [4.78, 5) is 5.29. The number of anilines is 2. The van der Waals surface area contributed by atoms with Crippen LogP contribution in [0.2, 0.25) is 0 Å². The molecule has 64 heavy (non-hydrogen) atoms. The molecule has 0 amide bonds. The van der Waals surface area contributed by atoms with E-state index in [4.69, 9.17) is 0 Å². The number of hydrogen-bond acceptors (Lipinski definition) is 2. The molecular formula is C60H52N2P2. The molecule has 2 aromatic heterocycles. The summed E-state index contributed by atoms with van der Waals surface area (Å²) in [7, 11) is -1.18. The number of rotatable bonds is 6. The zero-order chi connectivity index (χ0) is 42.1. The molecule has 2 atom stereocenters. The van der Waals surface area contributed by atoms with Gasteiger partial charge in [0.2, 0.25) is 0 Å². The summed E-state index contributed by atoms with van der Waals surface area (Å²) < 4.78 is 0. The molecule has 8 aromatic carbocycles. The molecule has 0 radical (unpaired) electrons. The molecule has 0 spiro atoms. The lowest BCUT2D eigenvalue weighted by Crippen LogP contribution is -2.29. The van der Waals surface area contributed by atoms with Crippen LogP contribution in [-0.4, -0.2) is 26.2 Å². The first-order valence-corrected chi connectivity index (χ1v) is 26.5. The normalized spacial score (nSPS) is 16.1. The number of benzene rings is 8. The number of nitrogens with zero attached hydrogens (tertiary/aromatic N) is 2. The van der Waals surface area contributed by atoms with Gasteiger partial charge in [-0.2, -0.15) is 0 Å². The van der Waals surface area contributed by atoms with Crippen molar-refractivity contribution < 1.29 is 0 Å². The van der Waals surface area contributed by atoms with Crippen LogP contribution in [0.15, 0.2) is 164 Å². The Balaban J connectivity index is 1.11. The molecule has 4 heterocycles. The highest BCUT2D eigenvalue weighted by Gasteiger charge is 2.25. The van der Waals surface area contributed by atoms with Gasteiger partial charge in [0.15, 0.2) is 0 Å². The van der Waals surface area contributed by atoms with Gasteiger partial charge >= 0.3 is 0 Å². The van der Waals surface area contributed by atoms with Crippen LogP contribution in [-0.2, 0) is 6.42 Å². The largest absolute Gasteiger partial charge is 0.372 e. The lowest BCUT2D eigenvalue weighted by Gasteiger charge is -2.30. The maximum absolute atomic E-state index is 2.65. The fourth-order valence-electron chi connectivity index (χ4n) is 11.8. The molecule has 4 heteroatoms. The van der Waals surface area contributed by atoms with E-state index < -0.39 is 15.1 Å². The van der Waals surface area contributed by atoms with Gasteiger partial charge in [-0.3, -0.25) is 0 Å². The Labute approximate surface area is 378 Å². The van der Waals surface area contributed by atoms with Crippen LogP contribution in [0.1, 0.15) is 55.8 Å². The third kappa shape index (κ3) is 6.29. The predicted octanol–water partition coefficient (Wildman–Crippen LogP) is 17.7. The van der Waals surface area contributed by atoms with E-state index in [0.29, 0.717) is 0 Å².